The average Bonchev–Trinajstić information content (AvgIpc) is 2.28. The lowest BCUT2D eigenvalue weighted by molar-refractivity contribution is -0.125. The van der Waals surface area contributed by atoms with Gasteiger partial charge in [-0.15, -0.1) is 0 Å². The summed E-state index contributed by atoms with van der Waals surface area (Å²) in [4.78, 5) is 13.7. The highest BCUT2D eigenvalue weighted by atomic mass is 16.3. The molecule has 0 radical (unpaired) electrons. The van der Waals surface area contributed by atoms with Crippen LogP contribution in [-0.4, -0.2) is 47.2 Å². The molecule has 0 aromatic rings. The lowest BCUT2D eigenvalue weighted by Gasteiger charge is -2.34. The van der Waals surface area contributed by atoms with Gasteiger partial charge in [-0.1, -0.05) is 13.8 Å². The molecule has 5 heteroatoms. The number of nitrogens with zero attached hydrogens (tertiary/aromatic N) is 2. The van der Waals surface area contributed by atoms with E-state index in [0.717, 1.165) is 0 Å². The fourth-order valence-electron chi connectivity index (χ4n) is 1.18. The fraction of sp³-hybridized carbons (Fsp3) is 0.846. The molecule has 1 atom stereocenters. The summed E-state index contributed by atoms with van der Waals surface area (Å²) in [6.07, 6.45) is 0. The van der Waals surface area contributed by atoms with Crippen LogP contribution in [0.5, 0.6) is 0 Å². The molecule has 104 valence electrons. The number of aliphatic hydroxyl groups is 1. The smallest absolute Gasteiger partial charge is 0.235 e. The van der Waals surface area contributed by atoms with E-state index in [2.05, 4.69) is 11.4 Å². The van der Waals surface area contributed by atoms with Crippen molar-refractivity contribution in [2.24, 2.45) is 5.92 Å². The van der Waals surface area contributed by atoms with E-state index in [0.29, 0.717) is 0 Å². The topological polar surface area (TPSA) is 76.4 Å². The van der Waals surface area contributed by atoms with E-state index in [1.165, 1.54) is 0 Å². The van der Waals surface area contributed by atoms with Crippen molar-refractivity contribution in [3.63, 3.8) is 0 Å². The van der Waals surface area contributed by atoms with E-state index >= 15 is 0 Å². The van der Waals surface area contributed by atoms with Gasteiger partial charge in [0.1, 0.15) is 5.54 Å². The Labute approximate surface area is 110 Å². The molecule has 0 spiro atoms. The van der Waals surface area contributed by atoms with Crippen LogP contribution < -0.4 is 5.32 Å². The molecule has 0 saturated carbocycles. The number of amides is 1. The molecular weight excluding hydrogens is 230 g/mol. The van der Waals surface area contributed by atoms with Crippen molar-refractivity contribution < 1.29 is 9.90 Å². The minimum Gasteiger partial charge on any atom is -0.394 e. The molecule has 0 rings (SSSR count). The van der Waals surface area contributed by atoms with Gasteiger partial charge < -0.3 is 10.4 Å². The van der Waals surface area contributed by atoms with Crippen LogP contribution in [0.4, 0.5) is 0 Å². The standard InChI is InChI=1S/C13H25N3O2/c1-10(2)13(5,8-14)15-11(18)7-16(6)12(3,4)9-17/h10,17H,7,9H2,1-6H3,(H,15,18). The summed E-state index contributed by atoms with van der Waals surface area (Å²) in [5.41, 5.74) is -1.32. The third-order valence-electron chi connectivity index (χ3n) is 3.59. The molecule has 0 saturated heterocycles. The van der Waals surface area contributed by atoms with Crippen LogP contribution in [-0.2, 0) is 4.79 Å². The van der Waals surface area contributed by atoms with E-state index in [1.54, 1.807) is 18.9 Å². The van der Waals surface area contributed by atoms with Gasteiger partial charge in [-0.3, -0.25) is 9.69 Å². The second-order valence-corrected chi connectivity index (χ2v) is 5.84. The molecule has 1 unspecified atom stereocenters. The summed E-state index contributed by atoms with van der Waals surface area (Å²) < 4.78 is 0. The lowest BCUT2D eigenvalue weighted by atomic mass is 9.90. The number of hydrogen-bond donors (Lipinski definition) is 2. The highest BCUT2D eigenvalue weighted by molar-refractivity contribution is 5.79. The summed E-state index contributed by atoms with van der Waals surface area (Å²) >= 11 is 0. The molecule has 0 aromatic carbocycles. The Morgan fingerprint density at radius 2 is 1.94 bits per heavy atom. The molecule has 0 aliphatic carbocycles. The zero-order valence-corrected chi connectivity index (χ0v) is 12.2. The molecule has 18 heavy (non-hydrogen) atoms. The Morgan fingerprint density at radius 1 is 1.44 bits per heavy atom. The summed E-state index contributed by atoms with van der Waals surface area (Å²) in [5.74, 6) is -0.181. The molecule has 0 fully saturated rings. The van der Waals surface area contributed by atoms with Crippen molar-refractivity contribution in [1.82, 2.24) is 10.2 Å². The largest absolute Gasteiger partial charge is 0.394 e. The first-order valence-electron chi connectivity index (χ1n) is 6.13. The van der Waals surface area contributed by atoms with Gasteiger partial charge in [0.15, 0.2) is 0 Å². The molecule has 0 heterocycles. The minimum atomic E-state index is -0.860. The molecule has 0 aromatic heterocycles. The summed E-state index contributed by atoms with van der Waals surface area (Å²) in [7, 11) is 1.77. The van der Waals surface area contributed by atoms with Crippen molar-refractivity contribution in [3.8, 4) is 6.07 Å². The van der Waals surface area contributed by atoms with Crippen LogP contribution >= 0.6 is 0 Å². The van der Waals surface area contributed by atoms with Crippen molar-refractivity contribution >= 4 is 5.91 Å². The first-order chi connectivity index (χ1) is 8.09. The van der Waals surface area contributed by atoms with Crippen LogP contribution in [0, 0.1) is 17.2 Å². The maximum Gasteiger partial charge on any atom is 0.235 e. The van der Waals surface area contributed by atoms with E-state index in [1.807, 2.05) is 27.7 Å². The number of nitrogens with one attached hydrogen (secondary N) is 1. The fourth-order valence-corrected chi connectivity index (χ4v) is 1.18. The highest BCUT2D eigenvalue weighted by Gasteiger charge is 2.31. The first kappa shape index (κ1) is 16.9. The van der Waals surface area contributed by atoms with Crippen LogP contribution in [0.1, 0.15) is 34.6 Å². The Morgan fingerprint density at radius 3 is 2.28 bits per heavy atom. The van der Waals surface area contributed by atoms with Gasteiger partial charge in [-0.25, -0.2) is 0 Å². The van der Waals surface area contributed by atoms with Gasteiger partial charge in [0.2, 0.25) is 5.91 Å². The van der Waals surface area contributed by atoms with Gasteiger partial charge in [0.25, 0.3) is 0 Å². The molecular formula is C13H25N3O2. The number of aliphatic hydroxyl groups excluding tert-OH is 1. The van der Waals surface area contributed by atoms with Gasteiger partial charge in [0, 0.05) is 5.54 Å². The average molecular weight is 255 g/mol. The number of likely N-dealkylation sites (N-methyl/N-ethyl adjacent to an activating group) is 1. The van der Waals surface area contributed by atoms with Crippen LogP contribution in [0.15, 0.2) is 0 Å². The molecule has 5 nitrogen and oxygen atoms in total. The first-order valence-corrected chi connectivity index (χ1v) is 6.13. The predicted octanol–water partition coefficient (Wildman–Crippen LogP) is 0.744. The SMILES string of the molecule is CC(C)C(C)(C#N)NC(=O)CN(C)C(C)(C)CO. The van der Waals surface area contributed by atoms with Crippen molar-refractivity contribution in [2.75, 3.05) is 20.2 Å². The van der Waals surface area contributed by atoms with E-state index < -0.39 is 11.1 Å². The van der Waals surface area contributed by atoms with E-state index in [9.17, 15) is 9.90 Å². The summed E-state index contributed by atoms with van der Waals surface area (Å²) in [5, 5.41) is 21.1. The van der Waals surface area contributed by atoms with Crippen LogP contribution in [0.25, 0.3) is 0 Å². The third kappa shape index (κ3) is 4.28. The minimum absolute atomic E-state index is 0.0302. The van der Waals surface area contributed by atoms with Gasteiger partial charge >= 0.3 is 0 Å². The Balaban J connectivity index is 4.59. The summed E-state index contributed by atoms with van der Waals surface area (Å²) in [6.45, 7) is 9.33. The predicted molar refractivity (Wildman–Crippen MR) is 70.8 cm³/mol. The van der Waals surface area contributed by atoms with Crippen molar-refractivity contribution in [1.29, 1.82) is 5.26 Å². The van der Waals surface area contributed by atoms with Crippen molar-refractivity contribution in [2.45, 2.75) is 45.7 Å². The molecule has 0 aliphatic rings. The second kappa shape index (κ2) is 6.17. The Bertz CT molecular complexity index is 334. The lowest BCUT2D eigenvalue weighted by Crippen LogP contribution is -2.54. The number of rotatable bonds is 6. The van der Waals surface area contributed by atoms with Gasteiger partial charge in [-0.05, 0) is 33.7 Å². The number of carbonyl (C=O) groups is 1. The second-order valence-electron chi connectivity index (χ2n) is 5.84. The Kier molecular flexibility index (Phi) is 5.78. The third-order valence-corrected chi connectivity index (χ3v) is 3.59. The van der Waals surface area contributed by atoms with Crippen LogP contribution in [0.3, 0.4) is 0 Å². The quantitative estimate of drug-likeness (QED) is 0.734. The normalized spacial score (nSPS) is 15.3. The zero-order valence-electron chi connectivity index (χ0n) is 12.2. The van der Waals surface area contributed by atoms with E-state index in [-0.39, 0.29) is 25.0 Å². The number of hydrogen-bond acceptors (Lipinski definition) is 4. The summed E-state index contributed by atoms with van der Waals surface area (Å²) in [6, 6.07) is 2.13. The molecule has 0 aliphatic heterocycles. The van der Waals surface area contributed by atoms with Gasteiger partial charge in [0.05, 0.1) is 19.2 Å². The maximum absolute atomic E-state index is 11.9. The highest BCUT2D eigenvalue weighted by Crippen LogP contribution is 2.15. The maximum atomic E-state index is 11.9. The zero-order chi connectivity index (χ0) is 14.6. The Hall–Kier alpha value is -1.12. The monoisotopic (exact) mass is 255 g/mol. The molecule has 1 amide bonds. The number of carbonyl (C=O) groups excluding carboxylic acids is 1. The number of nitriles is 1. The van der Waals surface area contributed by atoms with Crippen LogP contribution in [0.2, 0.25) is 0 Å². The van der Waals surface area contributed by atoms with E-state index in [4.69, 9.17) is 5.26 Å². The van der Waals surface area contributed by atoms with Crippen molar-refractivity contribution in [3.05, 3.63) is 0 Å². The van der Waals surface area contributed by atoms with Gasteiger partial charge in [-0.2, -0.15) is 5.26 Å². The molecule has 2 N–H and O–H groups in total. The molecule has 0 bridgehead atoms.